The second-order valence-electron chi connectivity index (χ2n) is 7.33. The highest BCUT2D eigenvalue weighted by Gasteiger charge is 2.25. The molecular weight excluding hydrogens is 378 g/mol. The molecule has 0 saturated carbocycles. The minimum Gasteiger partial charge on any atom is -0.494 e. The largest absolute Gasteiger partial charge is 0.494 e. The molecule has 1 atom stereocenters. The second kappa shape index (κ2) is 8.02. The fourth-order valence-corrected chi connectivity index (χ4v) is 3.39. The van der Waals surface area contributed by atoms with Gasteiger partial charge in [0.15, 0.2) is 6.17 Å². The lowest BCUT2D eigenvalue weighted by molar-refractivity contribution is 0.340. The van der Waals surface area contributed by atoms with Crippen LogP contribution in [0.25, 0.3) is 0 Å². The van der Waals surface area contributed by atoms with Crippen molar-refractivity contribution < 1.29 is 4.74 Å². The van der Waals surface area contributed by atoms with E-state index in [9.17, 15) is 4.79 Å². The number of benzene rings is 2. The van der Waals surface area contributed by atoms with E-state index in [1.54, 1.807) is 11.5 Å². The standard InChI is InChI=1S/C23H25N5O2/c1-5-30-19-10-7-17(8-11-19)21-26-22(25-18-9-6-14(2)15(3)12-18)27-23-24-16(4)13-20(29)28(21)23/h6-13,21H,5H2,1-4H3,(H2,24,25,26,27)/t21-/m0/s1. The van der Waals surface area contributed by atoms with E-state index in [2.05, 4.69) is 41.6 Å². The van der Waals surface area contributed by atoms with Gasteiger partial charge in [-0.2, -0.15) is 0 Å². The second-order valence-corrected chi connectivity index (χ2v) is 7.33. The Hall–Kier alpha value is -3.61. The lowest BCUT2D eigenvalue weighted by Crippen LogP contribution is -2.37. The van der Waals surface area contributed by atoms with Crippen molar-refractivity contribution in [2.45, 2.75) is 33.9 Å². The summed E-state index contributed by atoms with van der Waals surface area (Å²) in [5.74, 6) is 1.78. The van der Waals surface area contributed by atoms with Gasteiger partial charge in [-0.3, -0.25) is 14.7 Å². The van der Waals surface area contributed by atoms with Crippen molar-refractivity contribution in [2.75, 3.05) is 17.2 Å². The highest BCUT2D eigenvalue weighted by Crippen LogP contribution is 2.27. The van der Waals surface area contributed by atoms with Crippen molar-refractivity contribution in [1.82, 2.24) is 9.55 Å². The molecule has 0 aliphatic carbocycles. The monoisotopic (exact) mass is 403 g/mol. The first-order valence-corrected chi connectivity index (χ1v) is 9.96. The average molecular weight is 403 g/mol. The van der Waals surface area contributed by atoms with Gasteiger partial charge in [0.05, 0.1) is 6.61 Å². The SMILES string of the molecule is CCOc1ccc([C@H]2N=C(Nc3ccc(C)c(C)c3)Nc3nc(C)cc(=O)n32)cc1. The van der Waals surface area contributed by atoms with Crippen molar-refractivity contribution in [3.63, 3.8) is 0 Å². The van der Waals surface area contributed by atoms with Crippen LogP contribution < -0.4 is 20.9 Å². The van der Waals surface area contributed by atoms with E-state index < -0.39 is 6.17 Å². The van der Waals surface area contributed by atoms with Crippen LogP contribution in [0.15, 0.2) is 58.3 Å². The molecule has 0 unspecified atom stereocenters. The smallest absolute Gasteiger partial charge is 0.257 e. The molecule has 7 nitrogen and oxygen atoms in total. The van der Waals surface area contributed by atoms with E-state index >= 15 is 0 Å². The van der Waals surface area contributed by atoms with E-state index in [0.29, 0.717) is 24.2 Å². The molecule has 1 aliphatic rings. The lowest BCUT2D eigenvalue weighted by atomic mass is 10.1. The molecule has 2 aromatic carbocycles. The maximum Gasteiger partial charge on any atom is 0.257 e. The van der Waals surface area contributed by atoms with Gasteiger partial charge in [-0.15, -0.1) is 0 Å². The normalized spacial score (nSPS) is 15.1. The van der Waals surface area contributed by atoms with Crippen LogP contribution in [0.4, 0.5) is 11.6 Å². The fraction of sp³-hybridized carbons (Fsp3) is 0.261. The van der Waals surface area contributed by atoms with Crippen LogP contribution in [0.1, 0.15) is 35.5 Å². The quantitative estimate of drug-likeness (QED) is 0.688. The van der Waals surface area contributed by atoms with Gasteiger partial charge in [0.2, 0.25) is 11.9 Å². The Bertz CT molecular complexity index is 1170. The molecule has 0 radical (unpaired) electrons. The Balaban J connectivity index is 1.75. The number of aliphatic imine (C=N–C) groups is 1. The van der Waals surface area contributed by atoms with Gasteiger partial charge >= 0.3 is 0 Å². The summed E-state index contributed by atoms with van der Waals surface area (Å²) in [5.41, 5.74) is 4.69. The summed E-state index contributed by atoms with van der Waals surface area (Å²) in [6.07, 6.45) is -0.536. The molecular formula is C23H25N5O2. The van der Waals surface area contributed by atoms with E-state index in [-0.39, 0.29) is 5.56 Å². The maximum atomic E-state index is 12.8. The Labute approximate surface area is 175 Å². The van der Waals surface area contributed by atoms with Crippen LogP contribution in [0.2, 0.25) is 0 Å². The number of aromatic nitrogens is 2. The van der Waals surface area contributed by atoms with Gasteiger partial charge < -0.3 is 10.1 Å². The molecule has 0 amide bonds. The van der Waals surface area contributed by atoms with Crippen molar-refractivity contribution in [1.29, 1.82) is 0 Å². The van der Waals surface area contributed by atoms with Crippen LogP contribution >= 0.6 is 0 Å². The van der Waals surface area contributed by atoms with Crippen molar-refractivity contribution in [3.8, 4) is 5.75 Å². The predicted molar refractivity (Wildman–Crippen MR) is 120 cm³/mol. The Morgan fingerprint density at radius 3 is 2.53 bits per heavy atom. The molecule has 0 spiro atoms. The number of fused-ring (bicyclic) bond motifs is 1. The molecule has 4 rings (SSSR count). The van der Waals surface area contributed by atoms with E-state index in [1.165, 1.54) is 17.2 Å². The van der Waals surface area contributed by atoms with Crippen LogP contribution in [0.5, 0.6) is 5.75 Å². The number of ether oxygens (including phenoxy) is 1. The van der Waals surface area contributed by atoms with Crippen molar-refractivity contribution >= 4 is 17.6 Å². The number of aryl methyl sites for hydroxylation is 3. The first-order chi connectivity index (χ1) is 14.4. The summed E-state index contributed by atoms with van der Waals surface area (Å²) in [6, 6.07) is 15.3. The number of hydrogen-bond donors (Lipinski definition) is 2. The number of nitrogens with zero attached hydrogens (tertiary/aromatic N) is 3. The predicted octanol–water partition coefficient (Wildman–Crippen LogP) is 4.01. The molecule has 154 valence electrons. The maximum absolute atomic E-state index is 12.8. The average Bonchev–Trinajstić information content (AvgIpc) is 2.70. The van der Waals surface area contributed by atoms with Gasteiger partial charge in [0.25, 0.3) is 5.56 Å². The molecule has 30 heavy (non-hydrogen) atoms. The Kier molecular flexibility index (Phi) is 5.27. The van der Waals surface area contributed by atoms with Crippen LogP contribution in [0, 0.1) is 20.8 Å². The third-order valence-electron chi connectivity index (χ3n) is 5.07. The van der Waals surface area contributed by atoms with Crippen molar-refractivity contribution in [2.24, 2.45) is 4.99 Å². The minimum atomic E-state index is -0.536. The highest BCUT2D eigenvalue weighted by molar-refractivity contribution is 6.03. The van der Waals surface area contributed by atoms with Gasteiger partial charge in [0, 0.05) is 17.4 Å². The molecule has 3 aromatic rings. The summed E-state index contributed by atoms with van der Waals surface area (Å²) in [5, 5.41) is 6.48. The van der Waals surface area contributed by atoms with Crippen molar-refractivity contribution in [3.05, 3.63) is 81.3 Å². The number of anilines is 2. The van der Waals surface area contributed by atoms with E-state index in [1.807, 2.05) is 37.3 Å². The Morgan fingerprint density at radius 2 is 1.83 bits per heavy atom. The molecule has 2 N–H and O–H groups in total. The van der Waals surface area contributed by atoms with Crippen LogP contribution in [0.3, 0.4) is 0 Å². The number of hydrogen-bond acceptors (Lipinski definition) is 6. The summed E-state index contributed by atoms with van der Waals surface area (Å²) in [7, 11) is 0. The summed E-state index contributed by atoms with van der Waals surface area (Å²) < 4.78 is 7.10. The third kappa shape index (κ3) is 3.91. The zero-order valence-corrected chi connectivity index (χ0v) is 17.6. The minimum absolute atomic E-state index is 0.155. The van der Waals surface area contributed by atoms with E-state index in [0.717, 1.165) is 17.0 Å². The molecule has 7 heteroatoms. The number of guanidine groups is 1. The topological polar surface area (TPSA) is 80.5 Å². The molecule has 1 aromatic heterocycles. The number of nitrogens with one attached hydrogen (secondary N) is 2. The van der Waals surface area contributed by atoms with Gasteiger partial charge in [0.1, 0.15) is 5.75 Å². The summed E-state index contributed by atoms with van der Waals surface area (Å²) in [4.78, 5) is 22.1. The zero-order valence-electron chi connectivity index (χ0n) is 17.6. The fourth-order valence-electron chi connectivity index (χ4n) is 3.39. The lowest BCUT2D eigenvalue weighted by Gasteiger charge is -2.27. The molecule has 0 saturated heterocycles. The molecule has 2 heterocycles. The zero-order chi connectivity index (χ0) is 21.3. The van der Waals surface area contributed by atoms with Crippen LogP contribution in [-0.2, 0) is 0 Å². The van der Waals surface area contributed by atoms with E-state index in [4.69, 9.17) is 9.73 Å². The Morgan fingerprint density at radius 1 is 1.07 bits per heavy atom. The van der Waals surface area contributed by atoms with Crippen LogP contribution in [-0.4, -0.2) is 22.1 Å². The third-order valence-corrected chi connectivity index (χ3v) is 5.07. The highest BCUT2D eigenvalue weighted by atomic mass is 16.5. The number of rotatable bonds is 4. The first kappa shape index (κ1) is 19.7. The van der Waals surface area contributed by atoms with Gasteiger partial charge in [-0.1, -0.05) is 18.2 Å². The summed E-state index contributed by atoms with van der Waals surface area (Å²) in [6.45, 7) is 8.49. The molecule has 1 aliphatic heterocycles. The molecule has 0 fully saturated rings. The van der Waals surface area contributed by atoms with Gasteiger partial charge in [-0.05, 0) is 68.7 Å². The van der Waals surface area contributed by atoms with Gasteiger partial charge in [-0.25, -0.2) is 9.98 Å². The first-order valence-electron chi connectivity index (χ1n) is 9.96. The summed E-state index contributed by atoms with van der Waals surface area (Å²) >= 11 is 0. The molecule has 0 bridgehead atoms.